The lowest BCUT2D eigenvalue weighted by Gasteiger charge is -2.34. The number of benzene rings is 2. The smallest absolute Gasteiger partial charge is 0.137 e. The lowest BCUT2D eigenvalue weighted by atomic mass is 10.1. The van der Waals surface area contributed by atoms with Crippen LogP contribution in [0.2, 0.25) is 0 Å². The Morgan fingerprint density at radius 3 is 2.62 bits per heavy atom. The Hall–Kier alpha value is -3.16. The second-order valence-electron chi connectivity index (χ2n) is 10.4. The molecule has 2 saturated heterocycles. The largest absolute Gasteiger partial charge is 0.496 e. The van der Waals surface area contributed by atoms with E-state index in [1.54, 1.807) is 25.3 Å². The number of hydrogen-bond donors (Lipinski definition) is 0. The van der Waals surface area contributed by atoms with Gasteiger partial charge in [0.2, 0.25) is 0 Å². The highest BCUT2D eigenvalue weighted by molar-refractivity contribution is 7.97. The first-order chi connectivity index (χ1) is 19.5. The lowest BCUT2D eigenvalue weighted by molar-refractivity contribution is 0.0254. The van der Waals surface area contributed by atoms with Crippen molar-refractivity contribution in [1.29, 1.82) is 5.26 Å². The van der Waals surface area contributed by atoms with Crippen molar-refractivity contribution >= 4 is 11.9 Å². The summed E-state index contributed by atoms with van der Waals surface area (Å²) in [5, 5.41) is 9.77. The van der Waals surface area contributed by atoms with Crippen LogP contribution in [0.5, 0.6) is 11.5 Å². The number of ether oxygens (including phenoxy) is 3. The molecular formula is C31H37N5O3S. The van der Waals surface area contributed by atoms with Gasteiger partial charge >= 0.3 is 0 Å². The molecule has 3 aromatic rings. The highest BCUT2D eigenvalue weighted by Gasteiger charge is 2.22. The van der Waals surface area contributed by atoms with E-state index in [0.717, 1.165) is 53.4 Å². The van der Waals surface area contributed by atoms with Gasteiger partial charge in [0.25, 0.3) is 0 Å². The first kappa shape index (κ1) is 28.4. The fourth-order valence-electron chi connectivity index (χ4n) is 5.17. The van der Waals surface area contributed by atoms with E-state index in [9.17, 15) is 5.26 Å². The van der Waals surface area contributed by atoms with E-state index in [-0.39, 0.29) is 6.10 Å². The Morgan fingerprint density at radius 2 is 1.88 bits per heavy atom. The number of nitriles is 1. The number of nitrogens with zero attached hydrogens (tertiary/aromatic N) is 5. The summed E-state index contributed by atoms with van der Waals surface area (Å²) in [5.41, 5.74) is 3.23. The average Bonchev–Trinajstić information content (AvgIpc) is 2.99. The molecule has 3 heterocycles. The third-order valence-corrected chi connectivity index (χ3v) is 8.72. The summed E-state index contributed by atoms with van der Waals surface area (Å²) in [6.45, 7) is 3.65. The van der Waals surface area contributed by atoms with E-state index in [2.05, 4.69) is 52.6 Å². The summed E-state index contributed by atoms with van der Waals surface area (Å²) >= 11 is 1.75. The van der Waals surface area contributed by atoms with Crippen molar-refractivity contribution in [3.8, 4) is 28.8 Å². The third kappa shape index (κ3) is 7.12. The second-order valence-corrected chi connectivity index (χ2v) is 11.6. The topological polar surface area (TPSA) is 83.7 Å². The van der Waals surface area contributed by atoms with Crippen molar-refractivity contribution in [3.63, 3.8) is 0 Å². The molecule has 1 aromatic heterocycles. The molecule has 2 aliphatic heterocycles. The number of hydrogen-bond acceptors (Lipinski definition) is 9. The van der Waals surface area contributed by atoms with Crippen molar-refractivity contribution in [3.05, 3.63) is 65.6 Å². The molecule has 0 radical (unpaired) electrons. The molecule has 0 aliphatic carbocycles. The van der Waals surface area contributed by atoms with Crippen molar-refractivity contribution in [2.75, 3.05) is 47.5 Å². The Morgan fingerprint density at radius 1 is 1.07 bits per heavy atom. The predicted molar refractivity (Wildman–Crippen MR) is 157 cm³/mol. The number of methoxy groups -OCH3 is 1. The third-order valence-electron chi connectivity index (χ3n) is 7.60. The zero-order valence-corrected chi connectivity index (χ0v) is 24.3. The zero-order chi connectivity index (χ0) is 27.9. The highest BCUT2D eigenvalue weighted by Crippen LogP contribution is 2.35. The van der Waals surface area contributed by atoms with Gasteiger partial charge in [0, 0.05) is 37.1 Å². The molecule has 0 amide bonds. The number of rotatable bonds is 9. The molecule has 0 atom stereocenters. The molecule has 0 unspecified atom stereocenters. The summed E-state index contributed by atoms with van der Waals surface area (Å²) in [5.74, 6) is 2.18. The quantitative estimate of drug-likeness (QED) is 0.328. The molecule has 8 nitrogen and oxygen atoms in total. The van der Waals surface area contributed by atoms with Crippen LogP contribution < -0.4 is 9.47 Å². The van der Waals surface area contributed by atoms with Gasteiger partial charge in [-0.25, -0.2) is 14.3 Å². The van der Waals surface area contributed by atoms with E-state index >= 15 is 0 Å². The lowest BCUT2D eigenvalue weighted by Crippen LogP contribution is -2.39. The molecule has 0 saturated carbocycles. The minimum Gasteiger partial charge on any atom is -0.496 e. The summed E-state index contributed by atoms with van der Waals surface area (Å²) in [4.78, 5) is 12.8. The van der Waals surface area contributed by atoms with Crippen LogP contribution in [0.3, 0.4) is 0 Å². The van der Waals surface area contributed by atoms with E-state index in [1.165, 1.54) is 12.8 Å². The van der Waals surface area contributed by atoms with Gasteiger partial charge in [0.15, 0.2) is 0 Å². The molecule has 9 heteroatoms. The molecule has 2 aromatic carbocycles. The zero-order valence-electron chi connectivity index (χ0n) is 23.5. The molecule has 2 fully saturated rings. The van der Waals surface area contributed by atoms with E-state index < -0.39 is 0 Å². The maximum atomic E-state index is 9.77. The fraction of sp³-hybridized carbons (Fsp3) is 0.452. The maximum Gasteiger partial charge on any atom is 0.137 e. The first-order valence-corrected chi connectivity index (χ1v) is 14.7. The summed E-state index contributed by atoms with van der Waals surface area (Å²) in [6.07, 6.45) is 6.45. The number of piperidine rings is 1. The Kier molecular flexibility index (Phi) is 9.55. The van der Waals surface area contributed by atoms with Gasteiger partial charge in [-0.05, 0) is 93.9 Å². The van der Waals surface area contributed by atoms with Gasteiger partial charge < -0.3 is 19.1 Å². The normalized spacial score (nSPS) is 17.1. The van der Waals surface area contributed by atoms with E-state index in [1.807, 2.05) is 24.3 Å². The van der Waals surface area contributed by atoms with Gasteiger partial charge in [0.05, 0.1) is 36.5 Å². The Labute approximate surface area is 241 Å². The molecule has 5 rings (SSSR count). The van der Waals surface area contributed by atoms with Crippen LogP contribution in [0.15, 0.2) is 53.6 Å². The molecule has 0 N–H and O–H groups in total. The van der Waals surface area contributed by atoms with Gasteiger partial charge in [-0.3, -0.25) is 0 Å². The minimum atomic E-state index is 0.0776. The summed E-state index contributed by atoms with van der Waals surface area (Å²) < 4.78 is 19.7. The molecular weight excluding hydrogens is 522 g/mol. The minimum absolute atomic E-state index is 0.0776. The molecule has 2 aliphatic rings. The van der Waals surface area contributed by atoms with Gasteiger partial charge in [-0.2, -0.15) is 5.26 Å². The summed E-state index contributed by atoms with van der Waals surface area (Å²) in [7, 11) is 6.08. The van der Waals surface area contributed by atoms with E-state index in [0.29, 0.717) is 42.8 Å². The summed E-state index contributed by atoms with van der Waals surface area (Å²) in [6, 6.07) is 16.7. The van der Waals surface area contributed by atoms with Crippen LogP contribution in [0.4, 0.5) is 0 Å². The molecule has 40 heavy (non-hydrogen) atoms. The van der Waals surface area contributed by atoms with Crippen molar-refractivity contribution in [2.45, 2.75) is 49.1 Å². The number of aromatic nitrogens is 2. The van der Waals surface area contributed by atoms with Crippen molar-refractivity contribution < 1.29 is 14.2 Å². The van der Waals surface area contributed by atoms with Crippen molar-refractivity contribution in [1.82, 2.24) is 19.2 Å². The van der Waals surface area contributed by atoms with Gasteiger partial charge in [-0.1, -0.05) is 6.07 Å². The monoisotopic (exact) mass is 559 g/mol. The van der Waals surface area contributed by atoms with Crippen LogP contribution in [-0.2, 0) is 11.2 Å². The van der Waals surface area contributed by atoms with Crippen LogP contribution in [0.1, 0.15) is 42.6 Å². The first-order valence-electron chi connectivity index (χ1n) is 13.9. The van der Waals surface area contributed by atoms with Gasteiger partial charge in [-0.15, -0.1) is 0 Å². The predicted octanol–water partition coefficient (Wildman–Crippen LogP) is 5.21. The average molecular weight is 560 g/mol. The van der Waals surface area contributed by atoms with Crippen molar-refractivity contribution in [2.24, 2.45) is 0 Å². The Balaban J connectivity index is 1.27. The molecule has 0 bridgehead atoms. The number of likely N-dealkylation sites (tertiary alicyclic amines) is 1. The van der Waals surface area contributed by atoms with Crippen LogP contribution >= 0.6 is 11.9 Å². The Bertz CT molecular complexity index is 1330. The maximum absolute atomic E-state index is 9.77. The second kappa shape index (κ2) is 13.5. The van der Waals surface area contributed by atoms with Crippen LogP contribution in [0, 0.1) is 11.3 Å². The van der Waals surface area contributed by atoms with Crippen LogP contribution in [-0.4, -0.2) is 78.8 Å². The standard InChI is InChI=1S/C31H37N5O3S/c1-35-14-9-25(10-15-35)36(2)40-30-7-4-22(18-29(30)37-3)19-31-33-13-8-27(34-31)23-5-6-28(24(20-23)21-32)39-26-11-16-38-17-12-26/h4-8,13,18,20,25-26H,9-12,14-17,19H2,1-3H3. The highest BCUT2D eigenvalue weighted by atomic mass is 32.2. The SMILES string of the molecule is COc1cc(Cc2nccc(-c3ccc(OC4CCOCC4)c(C#N)c3)n2)ccc1SN(C)C1CCN(C)CC1. The van der Waals surface area contributed by atoms with Gasteiger partial charge in [0.1, 0.15) is 29.5 Å². The van der Waals surface area contributed by atoms with Crippen LogP contribution in [0.25, 0.3) is 11.3 Å². The van der Waals surface area contributed by atoms with E-state index in [4.69, 9.17) is 19.2 Å². The molecule has 0 spiro atoms. The fourth-order valence-corrected chi connectivity index (χ4v) is 6.20. The molecule has 210 valence electrons.